The van der Waals surface area contributed by atoms with E-state index in [1.54, 1.807) is 7.11 Å². The SMILES string of the molecule is COc1c(OCCCN2CCOCC2)ccc2c1N=C(NC(=O)Oc1cnc(N3CCCC3)nc1)N1CCN=C21. The first kappa shape index (κ1) is 26.3. The normalized spacial score (nSPS) is 18.5. The number of fused-ring (bicyclic) bond motifs is 3. The van der Waals surface area contributed by atoms with Crippen molar-refractivity contribution in [2.75, 3.05) is 77.6 Å². The molecule has 2 aromatic rings. The van der Waals surface area contributed by atoms with Crippen molar-refractivity contribution < 1.29 is 23.7 Å². The number of amides is 1. The second-order valence-electron chi connectivity index (χ2n) is 9.87. The molecule has 1 aromatic heterocycles. The van der Waals surface area contributed by atoms with Gasteiger partial charge >= 0.3 is 6.09 Å². The first-order valence-electron chi connectivity index (χ1n) is 13.8. The molecular weight excluding hydrogens is 516 g/mol. The quantitative estimate of drug-likeness (QED) is 0.488. The van der Waals surface area contributed by atoms with Crippen LogP contribution in [0.25, 0.3) is 0 Å². The highest BCUT2D eigenvalue weighted by molar-refractivity contribution is 6.18. The van der Waals surface area contributed by atoms with Crippen LogP contribution < -0.4 is 24.4 Å². The predicted molar refractivity (Wildman–Crippen MR) is 148 cm³/mol. The molecule has 6 rings (SSSR count). The number of hydrogen-bond donors (Lipinski definition) is 1. The van der Waals surface area contributed by atoms with E-state index >= 15 is 0 Å². The number of guanidine groups is 1. The van der Waals surface area contributed by atoms with Gasteiger partial charge in [-0.15, -0.1) is 0 Å². The number of amidine groups is 1. The van der Waals surface area contributed by atoms with E-state index in [9.17, 15) is 4.79 Å². The third-order valence-electron chi connectivity index (χ3n) is 7.26. The van der Waals surface area contributed by atoms with Crippen LogP contribution in [0.2, 0.25) is 0 Å². The van der Waals surface area contributed by atoms with Gasteiger partial charge in [-0.1, -0.05) is 0 Å². The van der Waals surface area contributed by atoms with Gasteiger partial charge in [-0.2, -0.15) is 0 Å². The average Bonchev–Trinajstić information content (AvgIpc) is 3.70. The number of aromatic nitrogens is 2. The molecular formula is C27H34N8O5. The molecule has 40 heavy (non-hydrogen) atoms. The lowest BCUT2D eigenvalue weighted by atomic mass is 10.1. The highest BCUT2D eigenvalue weighted by Crippen LogP contribution is 2.43. The first-order chi connectivity index (χ1) is 19.7. The highest BCUT2D eigenvalue weighted by Gasteiger charge is 2.33. The van der Waals surface area contributed by atoms with Crippen molar-refractivity contribution in [3.63, 3.8) is 0 Å². The van der Waals surface area contributed by atoms with E-state index in [0.29, 0.717) is 48.8 Å². The molecule has 4 aliphatic rings. The lowest BCUT2D eigenvalue weighted by Gasteiger charge is -2.28. The van der Waals surface area contributed by atoms with Crippen molar-refractivity contribution in [1.82, 2.24) is 25.1 Å². The van der Waals surface area contributed by atoms with Crippen LogP contribution in [-0.2, 0) is 4.74 Å². The minimum atomic E-state index is -0.694. The van der Waals surface area contributed by atoms with Crippen molar-refractivity contribution in [1.29, 1.82) is 0 Å². The van der Waals surface area contributed by atoms with E-state index < -0.39 is 6.09 Å². The molecule has 1 aromatic carbocycles. The molecule has 13 heteroatoms. The summed E-state index contributed by atoms with van der Waals surface area (Å²) in [4.78, 5) is 37.3. The summed E-state index contributed by atoms with van der Waals surface area (Å²) in [5.41, 5.74) is 1.37. The Labute approximate surface area is 232 Å². The van der Waals surface area contributed by atoms with Crippen LogP contribution in [0, 0.1) is 0 Å². The number of hydrogen-bond acceptors (Lipinski definition) is 12. The van der Waals surface area contributed by atoms with Gasteiger partial charge in [0.1, 0.15) is 11.5 Å². The van der Waals surface area contributed by atoms with Crippen LogP contribution in [-0.4, -0.2) is 110 Å². The average molecular weight is 551 g/mol. The second kappa shape index (κ2) is 12.0. The summed E-state index contributed by atoms with van der Waals surface area (Å²) < 4.78 is 22.7. The summed E-state index contributed by atoms with van der Waals surface area (Å²) >= 11 is 0. The van der Waals surface area contributed by atoms with Gasteiger partial charge in [0.25, 0.3) is 0 Å². The zero-order valence-corrected chi connectivity index (χ0v) is 22.7. The Bertz CT molecular complexity index is 1270. The van der Waals surface area contributed by atoms with E-state index in [1.165, 1.54) is 12.4 Å². The zero-order chi connectivity index (χ0) is 27.3. The van der Waals surface area contributed by atoms with Crippen LogP contribution in [0.4, 0.5) is 16.4 Å². The van der Waals surface area contributed by atoms with E-state index in [-0.39, 0.29) is 5.75 Å². The molecule has 0 radical (unpaired) electrons. The molecule has 0 aliphatic carbocycles. The Morgan fingerprint density at radius 2 is 1.88 bits per heavy atom. The van der Waals surface area contributed by atoms with Crippen molar-refractivity contribution in [3.8, 4) is 17.2 Å². The molecule has 212 valence electrons. The first-order valence-corrected chi connectivity index (χ1v) is 13.8. The fourth-order valence-corrected chi connectivity index (χ4v) is 5.26. The van der Waals surface area contributed by atoms with Crippen LogP contribution >= 0.6 is 0 Å². The number of aliphatic imine (C=N–C) groups is 2. The van der Waals surface area contributed by atoms with Gasteiger partial charge < -0.3 is 23.8 Å². The van der Waals surface area contributed by atoms with Gasteiger partial charge in [0.2, 0.25) is 11.9 Å². The van der Waals surface area contributed by atoms with Crippen LogP contribution in [0.15, 0.2) is 34.5 Å². The second-order valence-corrected chi connectivity index (χ2v) is 9.87. The molecule has 1 amide bonds. The lowest BCUT2D eigenvalue weighted by Crippen LogP contribution is -2.48. The summed E-state index contributed by atoms with van der Waals surface area (Å²) in [6, 6.07) is 3.82. The van der Waals surface area contributed by atoms with E-state index in [4.69, 9.17) is 23.9 Å². The number of carbonyl (C=O) groups is 1. The van der Waals surface area contributed by atoms with E-state index in [0.717, 1.165) is 76.6 Å². The molecule has 0 unspecified atom stereocenters. The molecule has 2 saturated heterocycles. The number of rotatable bonds is 8. The molecule has 1 N–H and O–H groups in total. The number of nitrogens with one attached hydrogen (secondary N) is 1. The molecule has 2 fully saturated rings. The topological polar surface area (TPSA) is 126 Å². The monoisotopic (exact) mass is 550 g/mol. The maximum atomic E-state index is 12.8. The smallest absolute Gasteiger partial charge is 0.419 e. The Morgan fingerprint density at radius 3 is 2.65 bits per heavy atom. The van der Waals surface area contributed by atoms with Crippen LogP contribution in [0.5, 0.6) is 17.2 Å². The third-order valence-corrected chi connectivity index (χ3v) is 7.26. The highest BCUT2D eigenvalue weighted by atomic mass is 16.6. The third kappa shape index (κ3) is 5.65. The van der Waals surface area contributed by atoms with Crippen LogP contribution in [0.1, 0.15) is 24.8 Å². The minimum Gasteiger partial charge on any atom is -0.491 e. The van der Waals surface area contributed by atoms with Gasteiger partial charge in [0, 0.05) is 44.8 Å². The Morgan fingerprint density at radius 1 is 1.07 bits per heavy atom. The molecule has 0 saturated carbocycles. The molecule has 0 atom stereocenters. The van der Waals surface area contributed by atoms with Crippen LogP contribution in [0.3, 0.4) is 0 Å². The van der Waals surface area contributed by atoms with E-state index in [1.807, 2.05) is 17.0 Å². The molecule has 5 heterocycles. The predicted octanol–water partition coefficient (Wildman–Crippen LogP) is 2.04. The van der Waals surface area contributed by atoms with Gasteiger partial charge in [0.05, 0.1) is 45.9 Å². The number of ether oxygens (including phenoxy) is 4. The summed E-state index contributed by atoms with van der Waals surface area (Å²) in [6.07, 6.45) is 5.46. The van der Waals surface area contributed by atoms with Gasteiger partial charge in [0.15, 0.2) is 17.2 Å². The largest absolute Gasteiger partial charge is 0.491 e. The number of carbonyl (C=O) groups excluding carboxylic acids is 1. The number of benzene rings is 1. The maximum absolute atomic E-state index is 12.8. The zero-order valence-electron chi connectivity index (χ0n) is 22.7. The Balaban J connectivity index is 1.14. The van der Waals surface area contributed by atoms with Crippen molar-refractivity contribution >= 4 is 29.5 Å². The summed E-state index contributed by atoms with van der Waals surface area (Å²) in [6.45, 7) is 7.99. The van der Waals surface area contributed by atoms with E-state index in [2.05, 4.69) is 30.1 Å². The van der Waals surface area contributed by atoms with Gasteiger partial charge in [-0.25, -0.2) is 19.8 Å². The van der Waals surface area contributed by atoms with Crippen molar-refractivity contribution in [2.24, 2.45) is 9.98 Å². The Kier molecular flexibility index (Phi) is 7.91. The standard InChI is InChI=1S/C27H34N8O5/c1-37-23-21(39-14-4-8-33-12-15-38-16-13-33)6-5-20-22(23)31-26(35-11-7-28-24(20)35)32-27(36)40-19-17-29-25(30-18-19)34-9-2-3-10-34/h5-6,17-18H,2-4,7-16H2,1H3,(H,31,32,36). The molecule has 13 nitrogen and oxygen atoms in total. The van der Waals surface area contributed by atoms with Gasteiger partial charge in [-0.3, -0.25) is 20.1 Å². The fraction of sp³-hybridized carbons (Fsp3) is 0.519. The van der Waals surface area contributed by atoms with Gasteiger partial charge in [-0.05, 0) is 31.4 Å². The fourth-order valence-electron chi connectivity index (χ4n) is 5.26. The summed E-state index contributed by atoms with van der Waals surface area (Å²) in [7, 11) is 1.59. The number of morpholine rings is 1. The molecule has 0 bridgehead atoms. The number of methoxy groups -OCH3 is 1. The number of anilines is 1. The molecule has 4 aliphatic heterocycles. The lowest BCUT2D eigenvalue weighted by molar-refractivity contribution is 0.0357. The summed E-state index contributed by atoms with van der Waals surface area (Å²) in [5.74, 6) is 3.01. The Hall–Kier alpha value is -3.97. The molecule has 0 spiro atoms. The van der Waals surface area contributed by atoms with Crippen molar-refractivity contribution in [2.45, 2.75) is 19.3 Å². The maximum Gasteiger partial charge on any atom is 0.419 e. The number of nitrogens with zero attached hydrogens (tertiary/aromatic N) is 7. The summed E-state index contributed by atoms with van der Waals surface area (Å²) in [5, 5.41) is 2.76. The van der Waals surface area contributed by atoms with Crippen molar-refractivity contribution in [3.05, 3.63) is 30.1 Å². The minimum absolute atomic E-state index is 0.248.